The molecule has 1 nitrogen and oxygen atoms in total. The Morgan fingerprint density at radius 2 is 2.00 bits per heavy atom. The number of nitrogens with one attached hydrogen (secondary N) is 1. The zero-order valence-corrected chi connectivity index (χ0v) is 7.45. The molecule has 0 saturated carbocycles. The SMILES string of the molecule is Fc1ccc2[nH]cc(Br)c2c1F. The summed E-state index contributed by atoms with van der Waals surface area (Å²) in [5.41, 5.74) is 0.584. The topological polar surface area (TPSA) is 15.8 Å². The van der Waals surface area contributed by atoms with E-state index in [9.17, 15) is 8.78 Å². The minimum Gasteiger partial charge on any atom is -0.360 e. The molecular weight excluding hydrogens is 228 g/mol. The van der Waals surface area contributed by atoms with E-state index < -0.39 is 11.6 Å². The molecule has 1 N–H and O–H groups in total. The molecule has 4 heteroatoms. The highest BCUT2D eigenvalue weighted by Gasteiger charge is 2.10. The van der Waals surface area contributed by atoms with E-state index >= 15 is 0 Å². The van der Waals surface area contributed by atoms with Crippen molar-refractivity contribution in [1.82, 2.24) is 4.98 Å². The summed E-state index contributed by atoms with van der Waals surface area (Å²) in [7, 11) is 0. The largest absolute Gasteiger partial charge is 0.360 e. The minimum absolute atomic E-state index is 0.259. The van der Waals surface area contributed by atoms with E-state index in [1.165, 1.54) is 6.07 Å². The molecular formula is C8H4BrF2N. The van der Waals surface area contributed by atoms with Gasteiger partial charge in [0.2, 0.25) is 0 Å². The van der Waals surface area contributed by atoms with Gasteiger partial charge in [-0.2, -0.15) is 0 Å². The average Bonchev–Trinajstić information content (AvgIpc) is 2.41. The number of hydrogen-bond acceptors (Lipinski definition) is 0. The summed E-state index contributed by atoms with van der Waals surface area (Å²) < 4.78 is 26.3. The van der Waals surface area contributed by atoms with Gasteiger partial charge in [-0.15, -0.1) is 0 Å². The number of H-pyrrole nitrogens is 1. The Labute approximate surface area is 75.5 Å². The highest BCUT2D eigenvalue weighted by Crippen LogP contribution is 2.27. The molecule has 0 amide bonds. The van der Waals surface area contributed by atoms with Crippen LogP contribution in [0.25, 0.3) is 10.9 Å². The molecule has 0 aliphatic carbocycles. The summed E-state index contributed by atoms with van der Waals surface area (Å²) in [6.07, 6.45) is 1.58. The third-order valence-electron chi connectivity index (χ3n) is 1.69. The molecule has 0 atom stereocenters. The normalized spacial score (nSPS) is 10.9. The Kier molecular flexibility index (Phi) is 1.65. The van der Waals surface area contributed by atoms with Gasteiger partial charge in [0.05, 0.1) is 5.39 Å². The van der Waals surface area contributed by atoms with Crippen molar-refractivity contribution in [3.05, 3.63) is 34.4 Å². The summed E-state index contributed by atoms with van der Waals surface area (Å²) in [4.78, 5) is 2.80. The van der Waals surface area contributed by atoms with Crippen LogP contribution in [-0.4, -0.2) is 4.98 Å². The molecule has 0 radical (unpaired) electrons. The van der Waals surface area contributed by atoms with Crippen LogP contribution in [0.5, 0.6) is 0 Å². The maximum Gasteiger partial charge on any atom is 0.169 e. The Bertz CT molecular complexity index is 436. The molecule has 1 heterocycles. The predicted octanol–water partition coefficient (Wildman–Crippen LogP) is 3.21. The minimum atomic E-state index is -0.831. The van der Waals surface area contributed by atoms with Crippen LogP contribution in [0, 0.1) is 11.6 Å². The smallest absolute Gasteiger partial charge is 0.169 e. The molecule has 1 aromatic heterocycles. The molecule has 2 rings (SSSR count). The lowest BCUT2D eigenvalue weighted by Gasteiger charge is -1.94. The third-order valence-corrected chi connectivity index (χ3v) is 2.31. The van der Waals surface area contributed by atoms with Crippen LogP contribution in [0.15, 0.2) is 22.8 Å². The Hall–Kier alpha value is -0.900. The van der Waals surface area contributed by atoms with Crippen molar-refractivity contribution in [1.29, 1.82) is 0 Å². The van der Waals surface area contributed by atoms with Crippen molar-refractivity contribution in [2.75, 3.05) is 0 Å². The standard InChI is InChI=1S/C8H4BrF2N/c9-4-3-12-6-2-1-5(10)8(11)7(4)6/h1-3,12H. The van der Waals surface area contributed by atoms with Gasteiger partial charge in [0.1, 0.15) is 0 Å². The van der Waals surface area contributed by atoms with Crippen LogP contribution in [0.4, 0.5) is 8.78 Å². The Balaban J connectivity index is 2.96. The lowest BCUT2D eigenvalue weighted by Crippen LogP contribution is -1.83. The maximum absolute atomic E-state index is 13.1. The molecule has 62 valence electrons. The molecule has 2 aromatic rings. The summed E-state index contributed by atoms with van der Waals surface area (Å²) in [6.45, 7) is 0. The molecule has 1 aromatic carbocycles. The van der Waals surface area contributed by atoms with Crippen molar-refractivity contribution in [3.8, 4) is 0 Å². The molecule has 0 aliphatic heterocycles. The van der Waals surface area contributed by atoms with Crippen LogP contribution in [-0.2, 0) is 0 Å². The van der Waals surface area contributed by atoms with E-state index in [0.29, 0.717) is 9.99 Å². The fraction of sp³-hybridized carbons (Fsp3) is 0. The molecule has 0 aliphatic rings. The van der Waals surface area contributed by atoms with Crippen molar-refractivity contribution >= 4 is 26.8 Å². The van der Waals surface area contributed by atoms with Gasteiger partial charge in [0.15, 0.2) is 11.6 Å². The van der Waals surface area contributed by atoms with Crippen LogP contribution in [0.3, 0.4) is 0 Å². The van der Waals surface area contributed by atoms with Gasteiger partial charge in [-0.3, -0.25) is 0 Å². The van der Waals surface area contributed by atoms with Crippen LogP contribution in [0.1, 0.15) is 0 Å². The second-order valence-corrected chi connectivity index (χ2v) is 3.27. The van der Waals surface area contributed by atoms with Crippen molar-refractivity contribution in [3.63, 3.8) is 0 Å². The first kappa shape index (κ1) is 7.73. The van der Waals surface area contributed by atoms with E-state index in [2.05, 4.69) is 20.9 Å². The number of aromatic amines is 1. The van der Waals surface area contributed by atoms with Crippen LogP contribution < -0.4 is 0 Å². The van der Waals surface area contributed by atoms with E-state index in [4.69, 9.17) is 0 Å². The van der Waals surface area contributed by atoms with Gasteiger partial charge in [-0.25, -0.2) is 8.78 Å². The zero-order chi connectivity index (χ0) is 8.72. The van der Waals surface area contributed by atoms with Crippen LogP contribution in [0.2, 0.25) is 0 Å². The summed E-state index contributed by atoms with van der Waals surface area (Å²) in [5, 5.41) is 0.259. The number of fused-ring (bicyclic) bond motifs is 1. The first-order valence-corrected chi connectivity index (χ1v) is 4.10. The Morgan fingerprint density at radius 3 is 2.75 bits per heavy atom. The van der Waals surface area contributed by atoms with E-state index in [-0.39, 0.29) is 5.39 Å². The lowest BCUT2D eigenvalue weighted by molar-refractivity contribution is 0.517. The third kappa shape index (κ3) is 0.948. The van der Waals surface area contributed by atoms with Gasteiger partial charge in [0, 0.05) is 16.2 Å². The molecule has 0 spiro atoms. The molecule has 0 fully saturated rings. The lowest BCUT2D eigenvalue weighted by atomic mass is 10.2. The van der Waals surface area contributed by atoms with E-state index in [0.717, 1.165) is 6.07 Å². The van der Waals surface area contributed by atoms with Gasteiger partial charge in [-0.1, -0.05) is 0 Å². The van der Waals surface area contributed by atoms with Gasteiger partial charge < -0.3 is 4.98 Å². The monoisotopic (exact) mass is 231 g/mol. The number of aromatic nitrogens is 1. The summed E-state index contributed by atoms with van der Waals surface area (Å²) in [5.74, 6) is -1.65. The predicted molar refractivity (Wildman–Crippen MR) is 45.9 cm³/mol. The van der Waals surface area contributed by atoms with Crippen LogP contribution >= 0.6 is 15.9 Å². The van der Waals surface area contributed by atoms with Gasteiger partial charge >= 0.3 is 0 Å². The van der Waals surface area contributed by atoms with Gasteiger partial charge in [-0.05, 0) is 28.1 Å². The average molecular weight is 232 g/mol. The first-order valence-electron chi connectivity index (χ1n) is 3.30. The number of hydrogen-bond donors (Lipinski definition) is 1. The second-order valence-electron chi connectivity index (χ2n) is 2.42. The highest BCUT2D eigenvalue weighted by atomic mass is 79.9. The fourth-order valence-electron chi connectivity index (χ4n) is 1.12. The molecule has 12 heavy (non-hydrogen) atoms. The van der Waals surface area contributed by atoms with Gasteiger partial charge in [0.25, 0.3) is 0 Å². The van der Waals surface area contributed by atoms with Crippen molar-refractivity contribution in [2.45, 2.75) is 0 Å². The fourth-order valence-corrected chi connectivity index (χ4v) is 1.62. The van der Waals surface area contributed by atoms with E-state index in [1.54, 1.807) is 6.20 Å². The number of benzene rings is 1. The molecule has 0 unspecified atom stereocenters. The van der Waals surface area contributed by atoms with E-state index in [1.807, 2.05) is 0 Å². The highest BCUT2D eigenvalue weighted by molar-refractivity contribution is 9.10. The van der Waals surface area contributed by atoms with Crippen molar-refractivity contribution < 1.29 is 8.78 Å². The second kappa shape index (κ2) is 2.55. The number of halogens is 3. The first-order chi connectivity index (χ1) is 5.70. The maximum atomic E-state index is 13.1. The zero-order valence-electron chi connectivity index (χ0n) is 5.87. The van der Waals surface area contributed by atoms with Crippen molar-refractivity contribution in [2.24, 2.45) is 0 Å². The Morgan fingerprint density at radius 1 is 1.25 bits per heavy atom. The molecule has 0 bridgehead atoms. The number of rotatable bonds is 0. The summed E-state index contributed by atoms with van der Waals surface area (Å²) >= 11 is 3.11. The molecule has 0 saturated heterocycles. The quantitative estimate of drug-likeness (QED) is 0.717. The summed E-state index contributed by atoms with van der Waals surface area (Å²) in [6, 6.07) is 2.60.